The predicted octanol–water partition coefficient (Wildman–Crippen LogP) is 2.44. The Morgan fingerprint density at radius 3 is 2.40 bits per heavy atom. The second-order valence-corrected chi connectivity index (χ2v) is 3.67. The van der Waals surface area contributed by atoms with E-state index in [9.17, 15) is 4.79 Å². The van der Waals surface area contributed by atoms with Crippen LogP contribution in [0.4, 0.5) is 0 Å². The monoisotopic (exact) mass is 214 g/mol. The molecule has 0 aromatic rings. The minimum Gasteiger partial charge on any atom is -0.462 e. The number of aliphatic hydroxyl groups is 1. The van der Waals surface area contributed by atoms with E-state index in [1.165, 1.54) is 25.7 Å². The Morgan fingerprint density at radius 1 is 1.20 bits per heavy atom. The smallest absolute Gasteiger partial charge is 0.335 e. The average Bonchev–Trinajstić information content (AvgIpc) is 2.26. The van der Waals surface area contributed by atoms with Crippen LogP contribution in [0.15, 0.2) is 12.2 Å². The summed E-state index contributed by atoms with van der Waals surface area (Å²) in [5.41, 5.74) is 0.126. The quantitative estimate of drug-likeness (QED) is 0.364. The molecule has 0 fully saturated rings. The summed E-state index contributed by atoms with van der Waals surface area (Å²) in [4.78, 5) is 11.0. The number of carbonyl (C=O) groups excluding carboxylic acids is 1. The Bertz CT molecular complexity index is 187. The van der Waals surface area contributed by atoms with E-state index in [2.05, 4.69) is 13.5 Å². The lowest BCUT2D eigenvalue weighted by Crippen LogP contribution is -2.10. The summed E-state index contributed by atoms with van der Waals surface area (Å²) in [7, 11) is 0. The van der Waals surface area contributed by atoms with Crippen molar-refractivity contribution in [2.45, 2.75) is 45.4 Å². The van der Waals surface area contributed by atoms with Gasteiger partial charge in [-0.25, -0.2) is 4.79 Å². The molecule has 0 unspecified atom stereocenters. The topological polar surface area (TPSA) is 46.5 Å². The van der Waals surface area contributed by atoms with Crippen molar-refractivity contribution in [2.24, 2.45) is 0 Å². The summed E-state index contributed by atoms with van der Waals surface area (Å²) in [5.74, 6) is -0.481. The van der Waals surface area contributed by atoms with Gasteiger partial charge in [-0.3, -0.25) is 0 Å². The molecule has 0 bridgehead atoms. The van der Waals surface area contributed by atoms with Gasteiger partial charge in [-0.05, 0) is 6.42 Å². The molecular weight excluding hydrogens is 192 g/mol. The van der Waals surface area contributed by atoms with Crippen LogP contribution in [0.3, 0.4) is 0 Å². The minimum absolute atomic E-state index is 0.126. The van der Waals surface area contributed by atoms with Gasteiger partial charge in [0.15, 0.2) is 0 Å². The maximum atomic E-state index is 11.0. The van der Waals surface area contributed by atoms with E-state index in [0.29, 0.717) is 6.61 Å². The number of rotatable bonds is 9. The number of carbonyl (C=O) groups is 1. The number of hydrogen-bond acceptors (Lipinski definition) is 3. The zero-order chi connectivity index (χ0) is 11.5. The second kappa shape index (κ2) is 9.71. The second-order valence-electron chi connectivity index (χ2n) is 3.67. The highest BCUT2D eigenvalue weighted by atomic mass is 16.5. The Morgan fingerprint density at radius 2 is 1.80 bits per heavy atom. The van der Waals surface area contributed by atoms with Crippen LogP contribution in [-0.2, 0) is 9.53 Å². The van der Waals surface area contributed by atoms with Crippen LogP contribution in [0.5, 0.6) is 0 Å². The molecule has 15 heavy (non-hydrogen) atoms. The van der Waals surface area contributed by atoms with Crippen LogP contribution in [0.1, 0.15) is 45.4 Å². The first-order chi connectivity index (χ1) is 7.22. The molecule has 88 valence electrons. The van der Waals surface area contributed by atoms with Crippen molar-refractivity contribution in [3.05, 3.63) is 12.2 Å². The fraction of sp³-hybridized carbons (Fsp3) is 0.750. The van der Waals surface area contributed by atoms with Crippen molar-refractivity contribution in [2.75, 3.05) is 13.2 Å². The van der Waals surface area contributed by atoms with E-state index in [-0.39, 0.29) is 12.2 Å². The van der Waals surface area contributed by atoms with E-state index >= 15 is 0 Å². The third-order valence-electron chi connectivity index (χ3n) is 2.21. The first-order valence-electron chi connectivity index (χ1n) is 5.68. The average molecular weight is 214 g/mol. The molecule has 0 aliphatic heterocycles. The molecule has 0 saturated carbocycles. The van der Waals surface area contributed by atoms with Gasteiger partial charge in [0.25, 0.3) is 0 Å². The number of unbranched alkanes of at least 4 members (excludes halogenated alkanes) is 5. The van der Waals surface area contributed by atoms with Gasteiger partial charge in [-0.15, -0.1) is 0 Å². The summed E-state index contributed by atoms with van der Waals surface area (Å²) in [5, 5.41) is 8.60. The molecule has 1 N–H and O–H groups in total. The molecule has 0 amide bonds. The predicted molar refractivity (Wildman–Crippen MR) is 60.6 cm³/mol. The fourth-order valence-electron chi connectivity index (χ4n) is 1.21. The lowest BCUT2D eigenvalue weighted by molar-refractivity contribution is -0.139. The van der Waals surface area contributed by atoms with E-state index in [1.807, 2.05) is 0 Å². The molecule has 0 aliphatic carbocycles. The van der Waals surface area contributed by atoms with E-state index in [1.54, 1.807) is 0 Å². The Labute approximate surface area is 92.1 Å². The highest BCUT2D eigenvalue weighted by molar-refractivity contribution is 5.87. The first-order valence-corrected chi connectivity index (χ1v) is 5.68. The molecule has 0 saturated heterocycles. The van der Waals surface area contributed by atoms with E-state index < -0.39 is 5.97 Å². The molecule has 0 aromatic carbocycles. The minimum atomic E-state index is -0.481. The summed E-state index contributed by atoms with van der Waals surface area (Å²) < 4.78 is 4.90. The van der Waals surface area contributed by atoms with Crippen LogP contribution in [0.25, 0.3) is 0 Å². The number of aliphatic hydroxyl groups excluding tert-OH is 1. The first kappa shape index (κ1) is 14.2. The highest BCUT2D eigenvalue weighted by Gasteiger charge is 2.05. The maximum Gasteiger partial charge on any atom is 0.335 e. The van der Waals surface area contributed by atoms with Gasteiger partial charge < -0.3 is 9.84 Å². The molecule has 3 heteroatoms. The molecule has 0 spiro atoms. The van der Waals surface area contributed by atoms with Crippen LogP contribution in [0, 0.1) is 0 Å². The summed E-state index contributed by atoms with van der Waals surface area (Å²) in [6.45, 7) is 5.68. The Hall–Kier alpha value is -0.830. The zero-order valence-electron chi connectivity index (χ0n) is 9.63. The third-order valence-corrected chi connectivity index (χ3v) is 2.21. The van der Waals surface area contributed by atoms with Crippen LogP contribution in [-0.4, -0.2) is 24.3 Å². The Balaban J connectivity index is 3.24. The lowest BCUT2D eigenvalue weighted by atomic mass is 10.1. The van der Waals surface area contributed by atoms with Gasteiger partial charge in [0.2, 0.25) is 0 Å². The zero-order valence-corrected chi connectivity index (χ0v) is 9.63. The van der Waals surface area contributed by atoms with Crippen molar-refractivity contribution in [1.82, 2.24) is 0 Å². The van der Waals surface area contributed by atoms with Gasteiger partial charge >= 0.3 is 5.97 Å². The van der Waals surface area contributed by atoms with Gasteiger partial charge in [0.1, 0.15) is 0 Å². The van der Waals surface area contributed by atoms with Gasteiger partial charge in [0.05, 0.1) is 18.8 Å². The van der Waals surface area contributed by atoms with Gasteiger partial charge in [-0.2, -0.15) is 0 Å². The lowest BCUT2D eigenvalue weighted by Gasteiger charge is -2.04. The summed E-state index contributed by atoms with van der Waals surface area (Å²) >= 11 is 0. The third kappa shape index (κ3) is 8.18. The van der Waals surface area contributed by atoms with Crippen molar-refractivity contribution in [3.8, 4) is 0 Å². The molecule has 0 atom stereocenters. The van der Waals surface area contributed by atoms with Crippen molar-refractivity contribution < 1.29 is 14.6 Å². The number of esters is 1. The largest absolute Gasteiger partial charge is 0.462 e. The molecule has 0 aromatic heterocycles. The Kier molecular flexibility index (Phi) is 9.18. The summed E-state index contributed by atoms with van der Waals surface area (Å²) in [6, 6.07) is 0. The fourth-order valence-corrected chi connectivity index (χ4v) is 1.21. The number of hydrogen-bond donors (Lipinski definition) is 1. The van der Waals surface area contributed by atoms with Gasteiger partial charge in [0, 0.05) is 0 Å². The SMILES string of the molecule is C=C(CO)C(=O)OCCCCCCCC. The van der Waals surface area contributed by atoms with Crippen LogP contribution < -0.4 is 0 Å². The van der Waals surface area contributed by atoms with Crippen molar-refractivity contribution in [1.29, 1.82) is 0 Å². The van der Waals surface area contributed by atoms with Crippen LogP contribution in [0.2, 0.25) is 0 Å². The molecule has 0 heterocycles. The van der Waals surface area contributed by atoms with E-state index in [4.69, 9.17) is 9.84 Å². The van der Waals surface area contributed by atoms with Crippen molar-refractivity contribution in [3.63, 3.8) is 0 Å². The molecule has 0 rings (SSSR count). The summed E-state index contributed by atoms with van der Waals surface area (Å²) in [6.07, 6.45) is 6.97. The van der Waals surface area contributed by atoms with E-state index in [0.717, 1.165) is 12.8 Å². The van der Waals surface area contributed by atoms with Crippen LogP contribution >= 0.6 is 0 Å². The van der Waals surface area contributed by atoms with Crippen molar-refractivity contribution >= 4 is 5.97 Å². The molecule has 0 aliphatic rings. The standard InChI is InChI=1S/C12H22O3/c1-3-4-5-6-7-8-9-15-12(14)11(2)10-13/h13H,2-10H2,1H3. The highest BCUT2D eigenvalue weighted by Crippen LogP contribution is 2.05. The molecular formula is C12H22O3. The van der Waals surface area contributed by atoms with Gasteiger partial charge in [-0.1, -0.05) is 45.6 Å². The number of ether oxygens (including phenoxy) is 1. The maximum absolute atomic E-state index is 11.0. The molecule has 0 radical (unpaired) electrons. The normalized spacial score (nSPS) is 10.0. The molecule has 3 nitrogen and oxygen atoms in total.